The summed E-state index contributed by atoms with van der Waals surface area (Å²) < 4.78 is 12.5. The monoisotopic (exact) mass is 721 g/mol. The number of ketones is 1. The van der Waals surface area contributed by atoms with Gasteiger partial charge in [0.1, 0.15) is 11.5 Å². The predicted molar refractivity (Wildman–Crippen MR) is 225 cm³/mol. The van der Waals surface area contributed by atoms with Crippen molar-refractivity contribution < 1.29 is 14.3 Å². The van der Waals surface area contributed by atoms with Gasteiger partial charge in [-0.25, -0.2) is 0 Å². The maximum Gasteiger partial charge on any atom is 0.185 e. The molecule has 288 valence electrons. The number of hydrogen-bond acceptors (Lipinski definition) is 4. The van der Waals surface area contributed by atoms with Crippen LogP contribution in [-0.2, 0) is 0 Å². The Bertz CT molecular complexity index is 1090. The number of unbranched alkanes of at least 4 members (excludes halogenated alkanes) is 20. The van der Waals surface area contributed by atoms with Crippen LogP contribution in [-0.4, -0.2) is 24.7 Å². The minimum absolute atomic E-state index is 0.0158. The summed E-state index contributed by atoms with van der Waals surface area (Å²) in [6, 6.07) is 14.1. The summed E-state index contributed by atoms with van der Waals surface area (Å²) in [4.78, 5) is 14.3. The lowest BCUT2D eigenvalue weighted by Gasteiger charge is -2.12. The highest BCUT2D eigenvalue weighted by Crippen LogP contribution is 2.26. The minimum atomic E-state index is 0.0158. The molecule has 0 aliphatic carbocycles. The van der Waals surface area contributed by atoms with Crippen molar-refractivity contribution >= 4 is 23.6 Å². The standard InChI is InChI=1S/C47H76O3S/c1-5-7-9-11-13-15-17-19-21-23-25-35-49-44-38-42(29-34-47(48)43-30-32-46(33-31-43)51-37-27-28-41(3)4)39-45(40-44)50-36-26-24-22-20-18-16-14-12-10-8-6-2/h29-34,38-41H,5-28,35-37H2,1-4H3. The molecular weight excluding hydrogens is 645 g/mol. The molecule has 3 nitrogen and oxygen atoms in total. The summed E-state index contributed by atoms with van der Waals surface area (Å²) in [6.45, 7) is 10.5. The van der Waals surface area contributed by atoms with E-state index < -0.39 is 0 Å². The van der Waals surface area contributed by atoms with Gasteiger partial charge < -0.3 is 9.47 Å². The van der Waals surface area contributed by atoms with E-state index in [-0.39, 0.29) is 5.78 Å². The van der Waals surface area contributed by atoms with Crippen molar-refractivity contribution in [3.8, 4) is 11.5 Å². The highest BCUT2D eigenvalue weighted by molar-refractivity contribution is 7.99. The van der Waals surface area contributed by atoms with Gasteiger partial charge in [0.2, 0.25) is 0 Å². The fourth-order valence-electron chi connectivity index (χ4n) is 6.43. The van der Waals surface area contributed by atoms with Gasteiger partial charge in [0.05, 0.1) is 13.2 Å². The number of hydrogen-bond donors (Lipinski definition) is 0. The van der Waals surface area contributed by atoms with E-state index in [1.54, 1.807) is 6.08 Å². The molecule has 0 saturated heterocycles. The first-order chi connectivity index (χ1) is 25.0. The molecule has 4 heteroatoms. The van der Waals surface area contributed by atoms with Gasteiger partial charge in [-0.15, -0.1) is 11.8 Å². The van der Waals surface area contributed by atoms with Crippen molar-refractivity contribution in [2.24, 2.45) is 5.92 Å². The molecule has 0 radical (unpaired) electrons. The molecule has 0 heterocycles. The quantitative estimate of drug-likeness (QED) is 0.0312. The van der Waals surface area contributed by atoms with Crippen molar-refractivity contribution in [1.82, 2.24) is 0 Å². The molecule has 0 fully saturated rings. The second-order valence-corrected chi connectivity index (χ2v) is 16.3. The summed E-state index contributed by atoms with van der Waals surface area (Å²) in [5, 5.41) is 0. The van der Waals surface area contributed by atoms with E-state index in [9.17, 15) is 4.79 Å². The fourth-order valence-corrected chi connectivity index (χ4v) is 7.31. The Morgan fingerprint density at radius 1 is 0.588 bits per heavy atom. The van der Waals surface area contributed by atoms with Gasteiger partial charge in [-0.1, -0.05) is 169 Å². The Morgan fingerprint density at radius 3 is 1.45 bits per heavy atom. The highest BCUT2D eigenvalue weighted by atomic mass is 32.2. The Kier molecular flexibility index (Phi) is 27.6. The van der Waals surface area contributed by atoms with Crippen LogP contribution in [0.5, 0.6) is 11.5 Å². The number of thioether (sulfide) groups is 1. The zero-order chi connectivity index (χ0) is 36.6. The van der Waals surface area contributed by atoms with Crippen molar-refractivity contribution in [1.29, 1.82) is 0 Å². The largest absolute Gasteiger partial charge is 0.493 e. The molecule has 0 atom stereocenters. The number of carbonyl (C=O) groups is 1. The van der Waals surface area contributed by atoms with Crippen LogP contribution >= 0.6 is 11.8 Å². The van der Waals surface area contributed by atoms with E-state index >= 15 is 0 Å². The topological polar surface area (TPSA) is 35.5 Å². The minimum Gasteiger partial charge on any atom is -0.493 e. The first-order valence-electron chi connectivity index (χ1n) is 21.4. The van der Waals surface area contributed by atoms with Crippen molar-refractivity contribution in [3.63, 3.8) is 0 Å². The molecule has 0 bridgehead atoms. The van der Waals surface area contributed by atoms with Gasteiger partial charge in [0, 0.05) is 16.5 Å². The summed E-state index contributed by atoms with van der Waals surface area (Å²) >= 11 is 1.87. The Hall–Kier alpha value is -2.20. The number of carbonyl (C=O) groups excluding carboxylic acids is 1. The number of benzene rings is 2. The molecule has 0 spiro atoms. The van der Waals surface area contributed by atoms with E-state index in [0.717, 1.165) is 47.1 Å². The molecule has 2 aromatic carbocycles. The molecule has 0 N–H and O–H groups in total. The van der Waals surface area contributed by atoms with Crippen LogP contribution in [0.4, 0.5) is 0 Å². The molecule has 0 aliphatic rings. The van der Waals surface area contributed by atoms with Crippen LogP contribution in [0.3, 0.4) is 0 Å². The maximum absolute atomic E-state index is 13.1. The van der Waals surface area contributed by atoms with Crippen LogP contribution in [0.2, 0.25) is 0 Å². The molecule has 2 aromatic rings. The molecule has 0 aromatic heterocycles. The highest BCUT2D eigenvalue weighted by Gasteiger charge is 2.06. The van der Waals surface area contributed by atoms with Gasteiger partial charge in [0.25, 0.3) is 0 Å². The summed E-state index contributed by atoms with van der Waals surface area (Å²) in [5.74, 6) is 3.53. The van der Waals surface area contributed by atoms with E-state index in [0.29, 0.717) is 13.2 Å². The first-order valence-corrected chi connectivity index (χ1v) is 22.4. The Morgan fingerprint density at radius 2 is 1.02 bits per heavy atom. The summed E-state index contributed by atoms with van der Waals surface area (Å²) in [6.07, 6.45) is 35.2. The van der Waals surface area contributed by atoms with Crippen LogP contribution in [0.25, 0.3) is 6.08 Å². The molecule has 0 unspecified atom stereocenters. The molecule has 0 saturated carbocycles. The van der Waals surface area contributed by atoms with E-state index in [2.05, 4.69) is 39.8 Å². The molecule has 0 aliphatic heterocycles. The zero-order valence-corrected chi connectivity index (χ0v) is 34.3. The molecule has 0 amide bonds. The smallest absolute Gasteiger partial charge is 0.185 e. The van der Waals surface area contributed by atoms with Crippen LogP contribution in [0, 0.1) is 5.92 Å². The third-order valence-electron chi connectivity index (χ3n) is 9.70. The van der Waals surface area contributed by atoms with Crippen molar-refractivity contribution in [2.45, 2.75) is 187 Å². The average Bonchev–Trinajstić information content (AvgIpc) is 3.13. The van der Waals surface area contributed by atoms with Gasteiger partial charge in [-0.3, -0.25) is 4.79 Å². The van der Waals surface area contributed by atoms with Crippen molar-refractivity contribution in [3.05, 3.63) is 59.7 Å². The van der Waals surface area contributed by atoms with Crippen LogP contribution < -0.4 is 9.47 Å². The predicted octanol–water partition coefficient (Wildman–Crippen LogP) is 15.5. The Balaban J connectivity index is 1.83. The lowest BCUT2D eigenvalue weighted by molar-refractivity contribution is 0.104. The SMILES string of the molecule is CCCCCCCCCCCCCOc1cc(C=CC(=O)c2ccc(SCCCC(C)C)cc2)cc(OCCCCCCCCCCCCC)c1. The Labute approximate surface area is 319 Å². The van der Waals surface area contributed by atoms with E-state index in [1.807, 2.05) is 48.2 Å². The third-order valence-corrected chi connectivity index (χ3v) is 10.8. The molecule has 2 rings (SSSR count). The van der Waals surface area contributed by atoms with Crippen LogP contribution in [0.15, 0.2) is 53.4 Å². The summed E-state index contributed by atoms with van der Waals surface area (Å²) in [5.41, 5.74) is 1.65. The van der Waals surface area contributed by atoms with Gasteiger partial charge in [-0.05, 0) is 79.0 Å². The number of ether oxygens (including phenoxy) is 2. The van der Waals surface area contributed by atoms with Crippen LogP contribution in [0.1, 0.15) is 198 Å². The van der Waals surface area contributed by atoms with Gasteiger partial charge >= 0.3 is 0 Å². The molecule has 51 heavy (non-hydrogen) atoms. The van der Waals surface area contributed by atoms with Gasteiger partial charge in [0.15, 0.2) is 5.78 Å². The van der Waals surface area contributed by atoms with E-state index in [1.165, 1.54) is 146 Å². The lowest BCUT2D eigenvalue weighted by Crippen LogP contribution is -2.01. The lowest BCUT2D eigenvalue weighted by atomic mass is 10.1. The second kappa shape index (κ2) is 31.3. The molecular formula is C47H76O3S. The first kappa shape index (κ1) is 45.0. The number of rotatable bonds is 34. The average molecular weight is 721 g/mol. The van der Waals surface area contributed by atoms with E-state index in [4.69, 9.17) is 9.47 Å². The van der Waals surface area contributed by atoms with Crippen molar-refractivity contribution in [2.75, 3.05) is 19.0 Å². The number of allylic oxidation sites excluding steroid dienone is 1. The third kappa shape index (κ3) is 24.6. The maximum atomic E-state index is 13.1. The zero-order valence-electron chi connectivity index (χ0n) is 33.5. The summed E-state index contributed by atoms with van der Waals surface area (Å²) in [7, 11) is 0. The second-order valence-electron chi connectivity index (χ2n) is 15.1. The van der Waals surface area contributed by atoms with Gasteiger partial charge in [-0.2, -0.15) is 0 Å². The normalized spacial score (nSPS) is 11.5. The fraction of sp³-hybridized carbons (Fsp3) is 0.681.